The third-order valence-corrected chi connectivity index (χ3v) is 5.53. The summed E-state index contributed by atoms with van der Waals surface area (Å²) in [5.41, 5.74) is 0.345. The van der Waals surface area contributed by atoms with Crippen molar-refractivity contribution in [3.05, 3.63) is 29.8 Å². The first-order valence-corrected chi connectivity index (χ1v) is 8.81. The first kappa shape index (κ1) is 15.8. The lowest BCUT2D eigenvalue weighted by atomic mass is 9.71. The molecule has 1 aliphatic carbocycles. The smallest absolute Gasteiger partial charge is 0.119 e. The Kier molecular flexibility index (Phi) is 5.04. The second-order valence-electron chi connectivity index (χ2n) is 6.96. The Bertz CT molecular complexity index is 484. The molecule has 0 radical (unpaired) electrons. The van der Waals surface area contributed by atoms with Crippen molar-refractivity contribution in [3.8, 4) is 5.75 Å². The first-order valence-electron chi connectivity index (χ1n) is 8.81. The molecule has 0 bridgehead atoms. The number of aliphatic hydroxyl groups is 1. The van der Waals surface area contributed by atoms with E-state index in [1.54, 1.807) is 7.11 Å². The molecule has 2 unspecified atom stereocenters. The van der Waals surface area contributed by atoms with E-state index < -0.39 is 5.60 Å². The Morgan fingerprint density at radius 2 is 2.00 bits per heavy atom. The number of piperidine rings is 1. The SMILES string of the molecule is COc1cccc(C2(O)CCCCC2CN2CCCCC2)c1. The highest BCUT2D eigenvalue weighted by molar-refractivity contribution is 5.33. The van der Waals surface area contributed by atoms with Gasteiger partial charge >= 0.3 is 0 Å². The molecule has 3 nitrogen and oxygen atoms in total. The molecule has 3 rings (SSSR count). The zero-order valence-corrected chi connectivity index (χ0v) is 13.8. The summed E-state index contributed by atoms with van der Waals surface area (Å²) in [6, 6.07) is 8.04. The van der Waals surface area contributed by atoms with Gasteiger partial charge in [-0.1, -0.05) is 31.4 Å². The Balaban J connectivity index is 1.80. The lowest BCUT2D eigenvalue weighted by Gasteiger charge is -2.43. The zero-order chi connectivity index (χ0) is 15.4. The summed E-state index contributed by atoms with van der Waals surface area (Å²) in [7, 11) is 1.69. The normalized spacial score (nSPS) is 30.2. The molecular formula is C19H29NO2. The van der Waals surface area contributed by atoms with Crippen LogP contribution < -0.4 is 4.74 Å². The van der Waals surface area contributed by atoms with Crippen molar-refractivity contribution in [1.82, 2.24) is 4.90 Å². The molecule has 0 spiro atoms. The Hall–Kier alpha value is -1.06. The van der Waals surface area contributed by atoms with E-state index in [0.717, 1.165) is 37.1 Å². The van der Waals surface area contributed by atoms with Crippen molar-refractivity contribution in [2.45, 2.75) is 50.5 Å². The predicted octanol–water partition coefficient (Wildman–Crippen LogP) is 3.56. The maximum Gasteiger partial charge on any atom is 0.119 e. The van der Waals surface area contributed by atoms with Gasteiger partial charge in [0.15, 0.2) is 0 Å². The second-order valence-corrected chi connectivity index (χ2v) is 6.96. The van der Waals surface area contributed by atoms with Gasteiger partial charge in [-0.3, -0.25) is 0 Å². The number of likely N-dealkylation sites (tertiary alicyclic amines) is 1. The van der Waals surface area contributed by atoms with Gasteiger partial charge < -0.3 is 14.7 Å². The number of methoxy groups -OCH3 is 1. The summed E-state index contributed by atoms with van der Waals surface area (Å²) in [6.07, 6.45) is 8.34. The van der Waals surface area contributed by atoms with Crippen LogP contribution in [0.25, 0.3) is 0 Å². The van der Waals surface area contributed by atoms with E-state index in [1.807, 2.05) is 18.2 Å². The molecule has 1 saturated heterocycles. The fourth-order valence-corrected chi connectivity index (χ4v) is 4.20. The molecule has 0 amide bonds. The van der Waals surface area contributed by atoms with Crippen LogP contribution >= 0.6 is 0 Å². The van der Waals surface area contributed by atoms with Crippen LogP contribution in [-0.2, 0) is 5.60 Å². The van der Waals surface area contributed by atoms with E-state index in [9.17, 15) is 5.11 Å². The molecule has 1 aromatic rings. The second kappa shape index (κ2) is 7.01. The Morgan fingerprint density at radius 3 is 2.77 bits per heavy atom. The van der Waals surface area contributed by atoms with Crippen molar-refractivity contribution in [2.75, 3.05) is 26.7 Å². The molecule has 122 valence electrons. The predicted molar refractivity (Wildman–Crippen MR) is 89.1 cm³/mol. The molecule has 1 saturated carbocycles. The van der Waals surface area contributed by atoms with Gasteiger partial charge in [-0.15, -0.1) is 0 Å². The van der Waals surface area contributed by atoms with Gasteiger partial charge in [0.2, 0.25) is 0 Å². The topological polar surface area (TPSA) is 32.7 Å². The summed E-state index contributed by atoms with van der Waals surface area (Å²) in [5, 5.41) is 11.5. The van der Waals surface area contributed by atoms with Gasteiger partial charge in [0, 0.05) is 12.5 Å². The molecule has 1 aliphatic heterocycles. The van der Waals surface area contributed by atoms with Crippen molar-refractivity contribution in [1.29, 1.82) is 0 Å². The van der Waals surface area contributed by atoms with Crippen LogP contribution in [0.5, 0.6) is 5.75 Å². The van der Waals surface area contributed by atoms with Gasteiger partial charge in [0.05, 0.1) is 12.7 Å². The zero-order valence-electron chi connectivity index (χ0n) is 13.8. The standard InChI is InChI=1S/C19H29NO2/c1-22-18-10-7-9-16(14-18)19(21)11-4-3-8-17(19)15-20-12-5-2-6-13-20/h7,9-10,14,17,21H,2-6,8,11-13,15H2,1H3. The van der Waals surface area contributed by atoms with Crippen LogP contribution in [0, 0.1) is 5.92 Å². The maximum absolute atomic E-state index is 11.5. The summed E-state index contributed by atoms with van der Waals surface area (Å²) < 4.78 is 5.35. The highest BCUT2D eigenvalue weighted by Gasteiger charge is 2.41. The van der Waals surface area contributed by atoms with E-state index >= 15 is 0 Å². The summed E-state index contributed by atoms with van der Waals surface area (Å²) in [5.74, 6) is 1.18. The van der Waals surface area contributed by atoms with Crippen molar-refractivity contribution >= 4 is 0 Å². The molecule has 1 N–H and O–H groups in total. The minimum Gasteiger partial charge on any atom is -0.497 e. The summed E-state index contributed by atoms with van der Waals surface area (Å²) in [6.45, 7) is 3.43. The molecule has 2 fully saturated rings. The lowest BCUT2D eigenvalue weighted by molar-refractivity contribution is -0.0670. The molecule has 3 heteroatoms. The van der Waals surface area contributed by atoms with Gasteiger partial charge in [-0.2, -0.15) is 0 Å². The molecule has 2 atom stereocenters. The summed E-state index contributed by atoms with van der Waals surface area (Å²) in [4.78, 5) is 2.56. The van der Waals surface area contributed by atoms with Gasteiger partial charge in [0.25, 0.3) is 0 Å². The quantitative estimate of drug-likeness (QED) is 0.923. The van der Waals surface area contributed by atoms with Crippen molar-refractivity contribution in [3.63, 3.8) is 0 Å². The Labute approximate surface area is 134 Å². The van der Waals surface area contributed by atoms with Gasteiger partial charge in [0.1, 0.15) is 5.75 Å². The average molecular weight is 303 g/mol. The largest absolute Gasteiger partial charge is 0.497 e. The van der Waals surface area contributed by atoms with E-state index in [-0.39, 0.29) is 0 Å². The van der Waals surface area contributed by atoms with Crippen LogP contribution in [0.15, 0.2) is 24.3 Å². The average Bonchev–Trinajstić information content (AvgIpc) is 2.58. The molecule has 1 aromatic carbocycles. The molecule has 22 heavy (non-hydrogen) atoms. The van der Waals surface area contributed by atoms with Crippen LogP contribution in [0.2, 0.25) is 0 Å². The van der Waals surface area contributed by atoms with Crippen LogP contribution in [0.4, 0.5) is 0 Å². The third-order valence-electron chi connectivity index (χ3n) is 5.53. The minimum absolute atomic E-state index is 0.339. The van der Waals surface area contributed by atoms with E-state index in [1.165, 1.54) is 38.8 Å². The molecular weight excluding hydrogens is 274 g/mol. The highest BCUT2D eigenvalue weighted by atomic mass is 16.5. The number of hydrogen-bond acceptors (Lipinski definition) is 3. The van der Waals surface area contributed by atoms with Crippen molar-refractivity contribution in [2.24, 2.45) is 5.92 Å². The fourth-order valence-electron chi connectivity index (χ4n) is 4.20. The number of nitrogens with zero attached hydrogens (tertiary/aromatic N) is 1. The van der Waals surface area contributed by atoms with E-state index in [0.29, 0.717) is 5.92 Å². The van der Waals surface area contributed by atoms with Crippen molar-refractivity contribution < 1.29 is 9.84 Å². The Morgan fingerprint density at radius 1 is 1.18 bits per heavy atom. The van der Waals surface area contributed by atoms with E-state index in [4.69, 9.17) is 4.74 Å². The van der Waals surface area contributed by atoms with Crippen LogP contribution in [0.3, 0.4) is 0 Å². The highest BCUT2D eigenvalue weighted by Crippen LogP contribution is 2.43. The first-order chi connectivity index (χ1) is 10.7. The number of benzene rings is 1. The molecule has 1 heterocycles. The molecule has 2 aliphatic rings. The number of rotatable bonds is 4. The lowest BCUT2D eigenvalue weighted by Crippen LogP contribution is -2.45. The number of hydrogen-bond donors (Lipinski definition) is 1. The summed E-state index contributed by atoms with van der Waals surface area (Å²) >= 11 is 0. The van der Waals surface area contributed by atoms with Crippen LogP contribution in [0.1, 0.15) is 50.5 Å². The third kappa shape index (κ3) is 3.31. The fraction of sp³-hybridized carbons (Fsp3) is 0.684. The minimum atomic E-state index is -0.690. The molecule has 0 aromatic heterocycles. The maximum atomic E-state index is 11.5. The van der Waals surface area contributed by atoms with Crippen LogP contribution in [-0.4, -0.2) is 36.8 Å². The number of ether oxygens (including phenoxy) is 1. The van der Waals surface area contributed by atoms with Gasteiger partial charge in [-0.25, -0.2) is 0 Å². The van der Waals surface area contributed by atoms with Gasteiger partial charge in [-0.05, 0) is 56.5 Å². The van der Waals surface area contributed by atoms with E-state index in [2.05, 4.69) is 11.0 Å². The monoisotopic (exact) mass is 303 g/mol.